The zero-order valence-corrected chi connectivity index (χ0v) is 17.3. The van der Waals surface area contributed by atoms with Crippen LogP contribution in [0.3, 0.4) is 0 Å². The second-order valence-corrected chi connectivity index (χ2v) is 7.13. The van der Waals surface area contributed by atoms with Gasteiger partial charge in [-0.05, 0) is 43.5 Å². The highest BCUT2D eigenvalue weighted by Crippen LogP contribution is 2.20. The molecule has 7 heteroatoms. The second kappa shape index (κ2) is 11.2. The molecule has 31 heavy (non-hydrogen) atoms. The van der Waals surface area contributed by atoms with Crippen molar-refractivity contribution in [3.63, 3.8) is 0 Å². The Morgan fingerprint density at radius 1 is 0.968 bits per heavy atom. The molecule has 3 aromatic carbocycles. The Morgan fingerprint density at radius 3 is 2.16 bits per heavy atom. The zero-order chi connectivity index (χ0) is 23.0. The van der Waals surface area contributed by atoms with Gasteiger partial charge in [-0.3, -0.25) is 4.79 Å². The van der Waals surface area contributed by atoms with Gasteiger partial charge in [-0.1, -0.05) is 60.2 Å². The first-order chi connectivity index (χ1) is 14.7. The highest BCUT2D eigenvalue weighted by Gasteiger charge is 2.17. The lowest BCUT2D eigenvalue weighted by molar-refractivity contribution is -0.137. The number of anilines is 1. The van der Waals surface area contributed by atoms with Crippen LogP contribution in [0.4, 0.5) is 18.9 Å². The molecule has 0 bridgehead atoms. The van der Waals surface area contributed by atoms with E-state index in [-0.39, 0.29) is 11.7 Å². The quantitative estimate of drug-likeness (QED) is 0.469. The molecule has 3 rings (SSSR count). The highest BCUT2D eigenvalue weighted by atomic mass is 19.2. The third kappa shape index (κ3) is 7.15. The normalized spacial score (nSPS) is 12.3. The molecule has 0 spiro atoms. The minimum absolute atomic E-state index is 0.0870. The Hall–Kier alpha value is -3.32. The molecular weight excluding hydrogens is 405 g/mol. The fourth-order valence-corrected chi connectivity index (χ4v) is 2.73. The van der Waals surface area contributed by atoms with Crippen molar-refractivity contribution in [3.8, 4) is 0 Å². The van der Waals surface area contributed by atoms with Crippen LogP contribution in [-0.2, 0) is 11.2 Å². The molecule has 1 unspecified atom stereocenters. The monoisotopic (exact) mass is 430 g/mol. The van der Waals surface area contributed by atoms with E-state index in [1.807, 2.05) is 18.2 Å². The van der Waals surface area contributed by atoms with E-state index < -0.39 is 29.5 Å². The van der Waals surface area contributed by atoms with Gasteiger partial charge in [0.25, 0.3) is 0 Å². The molecule has 4 N–H and O–H groups in total. The first-order valence-electron chi connectivity index (χ1n) is 9.68. The number of aliphatic carboxylic acids is 1. The number of aryl methyl sites for hydroxylation is 1. The summed E-state index contributed by atoms with van der Waals surface area (Å²) in [5.74, 6) is -5.60. The van der Waals surface area contributed by atoms with Crippen molar-refractivity contribution in [2.75, 3.05) is 5.32 Å². The number of nitrogens with two attached hydrogens (primary N) is 1. The molecule has 0 amide bonds. The number of benzene rings is 3. The minimum Gasteiger partial charge on any atom is -0.480 e. The molecule has 0 radical (unpaired) electrons. The van der Waals surface area contributed by atoms with Crippen LogP contribution in [0.5, 0.6) is 0 Å². The average Bonchev–Trinajstić information content (AvgIpc) is 2.76. The number of rotatable bonds is 6. The highest BCUT2D eigenvalue weighted by molar-refractivity contribution is 5.76. The van der Waals surface area contributed by atoms with E-state index in [1.165, 1.54) is 23.6 Å². The molecule has 0 aliphatic carbocycles. The van der Waals surface area contributed by atoms with Gasteiger partial charge in [0.2, 0.25) is 0 Å². The van der Waals surface area contributed by atoms with E-state index in [2.05, 4.69) is 48.6 Å². The smallest absolute Gasteiger partial charge is 0.325 e. The largest absolute Gasteiger partial charge is 0.480 e. The van der Waals surface area contributed by atoms with Gasteiger partial charge in [0.1, 0.15) is 6.04 Å². The summed E-state index contributed by atoms with van der Waals surface area (Å²) >= 11 is 0. The average molecular weight is 430 g/mol. The Kier molecular flexibility index (Phi) is 8.63. The molecule has 0 aromatic heterocycles. The number of nitrogens with one attached hydrogen (secondary N) is 1. The predicted octanol–water partition coefficient (Wildman–Crippen LogP) is 5.23. The van der Waals surface area contributed by atoms with Gasteiger partial charge in [-0.15, -0.1) is 0 Å². The molecule has 164 valence electrons. The maximum absolute atomic E-state index is 13.0. The molecule has 0 aliphatic rings. The number of carboxylic acids is 1. The van der Waals surface area contributed by atoms with Gasteiger partial charge in [-0.25, -0.2) is 13.2 Å². The minimum atomic E-state index is -1.63. The molecule has 0 heterocycles. The van der Waals surface area contributed by atoms with Gasteiger partial charge in [0.05, 0.1) is 5.69 Å². The number of carbonyl (C=O) groups is 1. The van der Waals surface area contributed by atoms with Crippen molar-refractivity contribution in [1.82, 2.24) is 0 Å². The summed E-state index contributed by atoms with van der Waals surface area (Å²) in [6, 6.07) is 19.5. The van der Waals surface area contributed by atoms with Crippen LogP contribution in [0.15, 0.2) is 66.7 Å². The lowest BCUT2D eigenvalue weighted by Gasteiger charge is -2.12. The van der Waals surface area contributed by atoms with Crippen LogP contribution < -0.4 is 11.1 Å². The van der Waals surface area contributed by atoms with Gasteiger partial charge in [-0.2, -0.15) is 0 Å². The lowest BCUT2D eigenvalue weighted by Crippen LogP contribution is -2.26. The Balaban J connectivity index is 0.000000221. The number of hydrogen-bond acceptors (Lipinski definition) is 3. The number of carboxylic acid groups (broad SMARTS) is 1. The van der Waals surface area contributed by atoms with Crippen LogP contribution in [0.1, 0.15) is 29.7 Å². The van der Waals surface area contributed by atoms with Crippen molar-refractivity contribution < 1.29 is 23.1 Å². The number of hydrogen-bond donors (Lipinski definition) is 3. The summed E-state index contributed by atoms with van der Waals surface area (Å²) in [6.07, 6.45) is 0.893. The van der Waals surface area contributed by atoms with E-state index in [0.717, 1.165) is 18.6 Å². The van der Waals surface area contributed by atoms with Gasteiger partial charge in [0, 0.05) is 6.04 Å². The van der Waals surface area contributed by atoms with E-state index in [1.54, 1.807) is 0 Å². The summed E-state index contributed by atoms with van der Waals surface area (Å²) in [4.78, 5) is 10.4. The van der Waals surface area contributed by atoms with Crippen molar-refractivity contribution in [1.29, 1.82) is 0 Å². The van der Waals surface area contributed by atoms with Crippen molar-refractivity contribution >= 4 is 11.7 Å². The summed E-state index contributed by atoms with van der Waals surface area (Å²) in [7, 11) is 0. The summed E-state index contributed by atoms with van der Waals surface area (Å²) in [5, 5.41) is 10.7. The fraction of sp³-hybridized carbons (Fsp3) is 0.208. The van der Waals surface area contributed by atoms with Crippen LogP contribution in [-0.4, -0.2) is 17.1 Å². The summed E-state index contributed by atoms with van der Waals surface area (Å²) < 4.78 is 38.2. The number of halogens is 3. The van der Waals surface area contributed by atoms with E-state index >= 15 is 0 Å². The molecule has 0 aliphatic heterocycles. The van der Waals surface area contributed by atoms with E-state index in [4.69, 9.17) is 10.8 Å². The van der Waals surface area contributed by atoms with E-state index in [0.29, 0.717) is 0 Å². The SMILES string of the molecule is CC(Nc1ccc(F)c(F)c1F)C(=O)O.Cc1ccc(C[C@H](N)c2ccccc2)cc1. The van der Waals surface area contributed by atoms with Crippen molar-refractivity contribution in [2.45, 2.75) is 32.4 Å². The maximum Gasteiger partial charge on any atom is 0.325 e. The molecule has 0 saturated heterocycles. The molecule has 4 nitrogen and oxygen atoms in total. The van der Waals surface area contributed by atoms with Crippen LogP contribution >= 0.6 is 0 Å². The molecule has 0 fully saturated rings. The Morgan fingerprint density at radius 2 is 1.58 bits per heavy atom. The predicted molar refractivity (Wildman–Crippen MR) is 115 cm³/mol. The first-order valence-corrected chi connectivity index (χ1v) is 9.68. The molecular formula is C24H25F3N2O2. The summed E-state index contributed by atoms with van der Waals surface area (Å²) in [5.41, 5.74) is 9.56. The fourth-order valence-electron chi connectivity index (χ4n) is 2.73. The van der Waals surface area contributed by atoms with Gasteiger partial charge >= 0.3 is 5.97 Å². The van der Waals surface area contributed by atoms with Gasteiger partial charge < -0.3 is 16.2 Å². The van der Waals surface area contributed by atoms with Crippen molar-refractivity contribution in [2.24, 2.45) is 5.73 Å². The standard InChI is InChI=1S/C15H17N.C9H8F3NO2/c1-12-7-9-13(10-8-12)11-15(16)14-5-3-2-4-6-14;1-4(9(14)15)13-6-3-2-5(10)7(11)8(6)12/h2-10,15H,11,16H2,1H3;2-4,13H,1H3,(H,14,15)/t15-;/m0./s1. The zero-order valence-electron chi connectivity index (χ0n) is 17.3. The topological polar surface area (TPSA) is 75.3 Å². The van der Waals surface area contributed by atoms with Gasteiger partial charge in [0.15, 0.2) is 17.5 Å². The maximum atomic E-state index is 13.0. The third-order valence-corrected chi connectivity index (χ3v) is 4.58. The second-order valence-electron chi connectivity index (χ2n) is 7.13. The molecule has 2 atom stereocenters. The van der Waals surface area contributed by atoms with E-state index in [9.17, 15) is 18.0 Å². The van der Waals surface area contributed by atoms with Crippen molar-refractivity contribution in [3.05, 3.63) is 101 Å². The Bertz CT molecular complexity index is 996. The molecule has 0 saturated carbocycles. The van der Waals surface area contributed by atoms with Crippen LogP contribution in [0.2, 0.25) is 0 Å². The Labute approximate surface area is 179 Å². The first kappa shape index (κ1) is 24.0. The molecule has 3 aromatic rings. The van der Waals surface area contributed by atoms with Crippen LogP contribution in [0.25, 0.3) is 0 Å². The summed E-state index contributed by atoms with van der Waals surface area (Å²) in [6.45, 7) is 3.35. The lowest BCUT2D eigenvalue weighted by atomic mass is 9.99. The third-order valence-electron chi connectivity index (χ3n) is 4.58. The van der Waals surface area contributed by atoms with Crippen LogP contribution in [0, 0.1) is 24.4 Å².